The molecule has 0 atom stereocenters. The maximum Gasteiger partial charge on any atom is 0.155 e. The minimum absolute atomic E-state index is 0.182. The molecular weight excluding hydrogens is 302 g/mol. The van der Waals surface area contributed by atoms with E-state index in [1.54, 1.807) is 6.20 Å². The van der Waals surface area contributed by atoms with E-state index in [0.717, 1.165) is 3.57 Å². The van der Waals surface area contributed by atoms with Gasteiger partial charge in [-0.3, -0.25) is 0 Å². The summed E-state index contributed by atoms with van der Waals surface area (Å²) < 4.78 is 6.19. The van der Waals surface area contributed by atoms with Gasteiger partial charge >= 0.3 is 0 Å². The number of hydrogen-bond donors (Lipinski definition) is 0. The minimum atomic E-state index is 0.182. The van der Waals surface area contributed by atoms with Crippen LogP contribution in [0, 0.1) is 3.57 Å². The largest absolute Gasteiger partial charge is 0.371 e. The molecule has 1 heterocycles. The Balaban J connectivity index is 2.63. The van der Waals surface area contributed by atoms with Crippen molar-refractivity contribution >= 4 is 34.2 Å². The molecule has 1 rings (SSSR count). The van der Waals surface area contributed by atoms with Gasteiger partial charge in [0.1, 0.15) is 11.8 Å². The SMILES string of the molecule is CC(C)OCc1ncc(I)c(Cl)n1. The Hall–Kier alpha value is 0.0600. The lowest BCUT2D eigenvalue weighted by Gasteiger charge is -2.06. The zero-order valence-corrected chi connectivity index (χ0v) is 10.3. The molecule has 0 fully saturated rings. The molecule has 0 N–H and O–H groups in total. The molecule has 0 unspecified atom stereocenters. The lowest BCUT2D eigenvalue weighted by Crippen LogP contribution is -2.05. The average Bonchev–Trinajstić information content (AvgIpc) is 2.07. The van der Waals surface area contributed by atoms with Crippen molar-refractivity contribution < 1.29 is 4.74 Å². The van der Waals surface area contributed by atoms with Crippen molar-refractivity contribution in [2.24, 2.45) is 0 Å². The Morgan fingerprint density at radius 1 is 1.62 bits per heavy atom. The summed E-state index contributed by atoms with van der Waals surface area (Å²) in [5.74, 6) is 0.624. The Labute approximate surface area is 96.0 Å². The third-order valence-electron chi connectivity index (χ3n) is 1.30. The van der Waals surface area contributed by atoms with Crippen LogP contribution in [-0.4, -0.2) is 16.1 Å². The molecule has 0 aliphatic heterocycles. The Bertz CT molecular complexity index is 293. The summed E-state index contributed by atoms with van der Waals surface area (Å²) in [6, 6.07) is 0. The molecule has 1 aromatic heterocycles. The number of hydrogen-bond acceptors (Lipinski definition) is 3. The summed E-state index contributed by atoms with van der Waals surface area (Å²) in [5.41, 5.74) is 0. The van der Waals surface area contributed by atoms with Crippen molar-refractivity contribution in [1.82, 2.24) is 9.97 Å². The van der Waals surface area contributed by atoms with Crippen LogP contribution in [0.3, 0.4) is 0 Å². The van der Waals surface area contributed by atoms with Gasteiger partial charge in [0.15, 0.2) is 5.82 Å². The van der Waals surface area contributed by atoms with Crippen molar-refractivity contribution in [3.05, 3.63) is 20.7 Å². The zero-order valence-electron chi connectivity index (χ0n) is 7.42. The summed E-state index contributed by atoms with van der Waals surface area (Å²) in [4.78, 5) is 8.15. The van der Waals surface area contributed by atoms with Gasteiger partial charge in [-0.25, -0.2) is 9.97 Å². The molecule has 0 saturated carbocycles. The fraction of sp³-hybridized carbons (Fsp3) is 0.500. The Morgan fingerprint density at radius 2 is 2.31 bits per heavy atom. The van der Waals surface area contributed by atoms with E-state index in [-0.39, 0.29) is 6.10 Å². The maximum atomic E-state index is 5.81. The topological polar surface area (TPSA) is 35.0 Å². The second-order valence-electron chi connectivity index (χ2n) is 2.78. The van der Waals surface area contributed by atoms with Gasteiger partial charge in [-0.05, 0) is 36.4 Å². The molecule has 0 bridgehead atoms. The number of ether oxygens (including phenoxy) is 1. The van der Waals surface area contributed by atoms with Gasteiger partial charge < -0.3 is 4.74 Å². The molecule has 0 amide bonds. The monoisotopic (exact) mass is 312 g/mol. The maximum absolute atomic E-state index is 5.81. The molecule has 13 heavy (non-hydrogen) atoms. The van der Waals surface area contributed by atoms with Crippen molar-refractivity contribution in [3.63, 3.8) is 0 Å². The first-order chi connectivity index (χ1) is 6.09. The van der Waals surface area contributed by atoms with Crippen molar-refractivity contribution in [3.8, 4) is 0 Å². The van der Waals surface area contributed by atoms with Crippen molar-refractivity contribution in [2.45, 2.75) is 26.6 Å². The molecule has 5 heteroatoms. The number of rotatable bonds is 3. The van der Waals surface area contributed by atoms with E-state index >= 15 is 0 Å². The zero-order chi connectivity index (χ0) is 9.84. The van der Waals surface area contributed by atoms with Crippen molar-refractivity contribution in [2.75, 3.05) is 0 Å². The van der Waals surface area contributed by atoms with E-state index in [9.17, 15) is 0 Å². The van der Waals surface area contributed by atoms with E-state index in [1.165, 1.54) is 0 Å². The predicted octanol–water partition coefficient (Wildman–Crippen LogP) is 2.66. The summed E-state index contributed by atoms with van der Waals surface area (Å²) in [6.45, 7) is 4.34. The lowest BCUT2D eigenvalue weighted by molar-refractivity contribution is 0.0612. The molecule has 72 valence electrons. The third kappa shape index (κ3) is 3.74. The van der Waals surface area contributed by atoms with Crippen LogP contribution in [0.25, 0.3) is 0 Å². The van der Waals surface area contributed by atoms with Crippen LogP contribution in [0.5, 0.6) is 0 Å². The number of nitrogens with zero attached hydrogens (tertiary/aromatic N) is 2. The molecule has 0 radical (unpaired) electrons. The second kappa shape index (κ2) is 5.07. The summed E-state index contributed by atoms with van der Waals surface area (Å²) in [5, 5.41) is 0.484. The smallest absolute Gasteiger partial charge is 0.155 e. The van der Waals surface area contributed by atoms with Gasteiger partial charge in [-0.2, -0.15) is 0 Å². The van der Waals surface area contributed by atoms with Gasteiger partial charge in [0.25, 0.3) is 0 Å². The van der Waals surface area contributed by atoms with Crippen LogP contribution in [0.15, 0.2) is 6.20 Å². The van der Waals surface area contributed by atoms with E-state index in [2.05, 4.69) is 32.6 Å². The average molecular weight is 313 g/mol. The Morgan fingerprint density at radius 3 is 2.85 bits per heavy atom. The fourth-order valence-corrected chi connectivity index (χ4v) is 1.10. The van der Waals surface area contributed by atoms with E-state index in [4.69, 9.17) is 16.3 Å². The van der Waals surface area contributed by atoms with E-state index in [0.29, 0.717) is 17.6 Å². The van der Waals surface area contributed by atoms with E-state index < -0.39 is 0 Å². The lowest BCUT2D eigenvalue weighted by atomic mass is 10.5. The van der Waals surface area contributed by atoms with Crippen LogP contribution in [0.1, 0.15) is 19.7 Å². The first-order valence-electron chi connectivity index (χ1n) is 3.88. The van der Waals surface area contributed by atoms with Crippen LogP contribution in [0.2, 0.25) is 5.15 Å². The quantitative estimate of drug-likeness (QED) is 0.636. The standard InChI is InChI=1S/C8H10ClIN2O/c1-5(2)13-4-7-11-3-6(10)8(9)12-7/h3,5H,4H2,1-2H3. The third-order valence-corrected chi connectivity index (χ3v) is 2.69. The minimum Gasteiger partial charge on any atom is -0.371 e. The highest BCUT2D eigenvalue weighted by Gasteiger charge is 2.03. The van der Waals surface area contributed by atoms with Crippen LogP contribution in [-0.2, 0) is 11.3 Å². The van der Waals surface area contributed by atoms with Crippen LogP contribution < -0.4 is 0 Å². The molecular formula is C8H10ClIN2O. The summed E-state index contributed by atoms with van der Waals surface area (Å²) in [7, 11) is 0. The highest BCUT2D eigenvalue weighted by Crippen LogP contribution is 2.14. The van der Waals surface area contributed by atoms with Gasteiger partial charge in [-0.15, -0.1) is 0 Å². The summed E-state index contributed by atoms with van der Waals surface area (Å²) in [6.07, 6.45) is 1.87. The predicted molar refractivity (Wildman–Crippen MR) is 59.7 cm³/mol. The molecule has 0 aliphatic carbocycles. The fourth-order valence-electron chi connectivity index (χ4n) is 0.691. The van der Waals surface area contributed by atoms with E-state index in [1.807, 2.05) is 13.8 Å². The van der Waals surface area contributed by atoms with Gasteiger partial charge in [0.2, 0.25) is 0 Å². The van der Waals surface area contributed by atoms with Crippen LogP contribution in [0.4, 0.5) is 0 Å². The molecule has 3 nitrogen and oxygen atoms in total. The second-order valence-corrected chi connectivity index (χ2v) is 4.30. The van der Waals surface area contributed by atoms with Gasteiger partial charge in [-0.1, -0.05) is 11.6 Å². The highest BCUT2D eigenvalue weighted by molar-refractivity contribution is 14.1. The Kier molecular flexibility index (Phi) is 4.34. The highest BCUT2D eigenvalue weighted by atomic mass is 127. The normalized spacial score (nSPS) is 10.8. The van der Waals surface area contributed by atoms with Gasteiger partial charge in [0, 0.05) is 6.20 Å². The van der Waals surface area contributed by atoms with Crippen LogP contribution >= 0.6 is 34.2 Å². The van der Waals surface area contributed by atoms with Gasteiger partial charge in [0.05, 0.1) is 9.67 Å². The molecule has 1 aromatic rings. The first-order valence-corrected chi connectivity index (χ1v) is 5.34. The van der Waals surface area contributed by atoms with Crippen molar-refractivity contribution in [1.29, 1.82) is 0 Å². The summed E-state index contributed by atoms with van der Waals surface area (Å²) >= 11 is 7.90. The molecule has 0 spiro atoms. The number of halogens is 2. The molecule has 0 aromatic carbocycles. The molecule has 0 saturated heterocycles. The number of aromatic nitrogens is 2. The first kappa shape index (κ1) is 11.1. The molecule has 0 aliphatic rings.